The van der Waals surface area contributed by atoms with E-state index in [1.54, 1.807) is 0 Å². The van der Waals surface area contributed by atoms with Crippen LogP contribution in [0.25, 0.3) is 5.69 Å². The second-order valence-electron chi connectivity index (χ2n) is 5.00. The number of hydrogen-bond acceptors (Lipinski definition) is 3. The van der Waals surface area contributed by atoms with Gasteiger partial charge in [0, 0.05) is 18.1 Å². The highest BCUT2D eigenvalue weighted by Gasteiger charge is 2.22. The van der Waals surface area contributed by atoms with Crippen LogP contribution in [0.1, 0.15) is 18.1 Å². The molecule has 3 rings (SSSR count). The Bertz CT molecular complexity index is 708. The van der Waals surface area contributed by atoms with E-state index >= 15 is 0 Å². The van der Waals surface area contributed by atoms with Gasteiger partial charge in [-0.15, -0.1) is 0 Å². The van der Waals surface area contributed by atoms with Crippen LogP contribution in [0.4, 0.5) is 0 Å². The van der Waals surface area contributed by atoms with Crippen molar-refractivity contribution < 1.29 is 4.79 Å². The highest BCUT2D eigenvalue weighted by Crippen LogP contribution is 2.17. The lowest BCUT2D eigenvalue weighted by atomic mass is 9.94. The molecular formula is C16H15N3O. The third kappa shape index (κ3) is 2.20. The molecule has 2 heterocycles. The quantitative estimate of drug-likeness (QED) is 0.823. The summed E-state index contributed by atoms with van der Waals surface area (Å²) >= 11 is 0. The molecule has 0 spiro atoms. The summed E-state index contributed by atoms with van der Waals surface area (Å²) in [6, 6.07) is 10.1. The van der Waals surface area contributed by atoms with Crippen molar-refractivity contribution in [3.63, 3.8) is 0 Å². The van der Waals surface area contributed by atoms with Gasteiger partial charge in [0.2, 0.25) is 0 Å². The molecule has 0 saturated heterocycles. The summed E-state index contributed by atoms with van der Waals surface area (Å²) in [5.41, 5.74) is 3.98. The first-order chi connectivity index (χ1) is 9.65. The van der Waals surface area contributed by atoms with Gasteiger partial charge in [0.15, 0.2) is 5.78 Å². The number of aromatic nitrogens is 1. The van der Waals surface area contributed by atoms with Gasteiger partial charge in [-0.1, -0.05) is 12.1 Å². The Hall–Kier alpha value is -2.49. The van der Waals surface area contributed by atoms with Gasteiger partial charge in [-0.3, -0.25) is 4.79 Å². The molecule has 1 unspecified atom stereocenters. The molecule has 0 aliphatic carbocycles. The molecule has 0 bridgehead atoms. The summed E-state index contributed by atoms with van der Waals surface area (Å²) in [7, 11) is 0. The predicted molar refractivity (Wildman–Crippen MR) is 79.7 cm³/mol. The van der Waals surface area contributed by atoms with Crippen molar-refractivity contribution in [2.24, 2.45) is 16.1 Å². The molecule has 1 aliphatic rings. The summed E-state index contributed by atoms with van der Waals surface area (Å²) < 4.78 is 2.06. The van der Waals surface area contributed by atoms with Crippen molar-refractivity contribution >= 4 is 17.7 Å². The number of hydrogen-bond donors (Lipinski definition) is 0. The first-order valence-electron chi connectivity index (χ1n) is 6.55. The number of carbonyl (C=O) groups excluding carboxylic acids is 1. The molecule has 1 aromatic heterocycles. The molecule has 4 nitrogen and oxygen atoms in total. The molecule has 0 fully saturated rings. The van der Waals surface area contributed by atoms with Crippen LogP contribution >= 0.6 is 0 Å². The maximum Gasteiger partial charge on any atom is 0.184 e. The minimum Gasteiger partial charge on any atom is -0.324 e. The lowest BCUT2D eigenvalue weighted by Crippen LogP contribution is -2.25. The molecule has 0 amide bonds. The van der Waals surface area contributed by atoms with Crippen LogP contribution in [0.3, 0.4) is 0 Å². The number of rotatable bonds is 2. The fraction of sp³-hybridized carbons (Fsp3) is 0.188. The van der Waals surface area contributed by atoms with Gasteiger partial charge in [-0.25, -0.2) is 0 Å². The molecule has 0 N–H and O–H groups in total. The molecule has 0 radical (unpaired) electrons. The molecule has 1 atom stereocenters. The summed E-state index contributed by atoms with van der Waals surface area (Å²) in [4.78, 5) is 11.6. The minimum atomic E-state index is -0.229. The van der Waals surface area contributed by atoms with Crippen LogP contribution in [0, 0.1) is 12.8 Å². The predicted octanol–water partition coefficient (Wildman–Crippen LogP) is 2.78. The zero-order valence-corrected chi connectivity index (χ0v) is 11.4. The minimum absolute atomic E-state index is 0.000103. The maximum absolute atomic E-state index is 11.6. The Morgan fingerprint density at radius 2 is 1.90 bits per heavy atom. The monoisotopic (exact) mass is 265 g/mol. The lowest BCUT2D eigenvalue weighted by Gasteiger charge is -2.14. The summed E-state index contributed by atoms with van der Waals surface area (Å²) in [5.74, 6) is -0.229. The zero-order valence-electron chi connectivity index (χ0n) is 11.4. The van der Waals surface area contributed by atoms with Gasteiger partial charge in [0.1, 0.15) is 0 Å². The Morgan fingerprint density at radius 1 is 1.15 bits per heavy atom. The van der Waals surface area contributed by atoms with E-state index in [1.165, 1.54) is 11.8 Å². The number of nitrogens with zero attached hydrogens (tertiary/aromatic N) is 3. The second-order valence-corrected chi connectivity index (χ2v) is 5.00. The Balaban J connectivity index is 1.92. The standard InChI is InChI=1S/C16H15N3O/c1-11-7-8-19(10-11)14-5-3-13(4-6-14)16-12(2)15(20)9-17-18-16/h3-10,12H,1-2H3. The fourth-order valence-corrected chi connectivity index (χ4v) is 2.26. The van der Waals surface area contributed by atoms with Gasteiger partial charge in [0.05, 0.1) is 17.8 Å². The van der Waals surface area contributed by atoms with Crippen molar-refractivity contribution in [1.29, 1.82) is 0 Å². The topological polar surface area (TPSA) is 46.7 Å². The van der Waals surface area contributed by atoms with Crippen molar-refractivity contribution in [2.45, 2.75) is 13.8 Å². The first-order valence-corrected chi connectivity index (χ1v) is 6.55. The maximum atomic E-state index is 11.6. The first kappa shape index (κ1) is 12.5. The van der Waals surface area contributed by atoms with Gasteiger partial charge in [-0.05, 0) is 43.2 Å². The van der Waals surface area contributed by atoms with Crippen molar-refractivity contribution in [3.8, 4) is 5.69 Å². The molecular weight excluding hydrogens is 250 g/mol. The van der Waals surface area contributed by atoms with Crippen LogP contribution < -0.4 is 0 Å². The molecule has 2 aromatic rings. The molecule has 1 aromatic carbocycles. The molecule has 4 heteroatoms. The van der Waals surface area contributed by atoms with E-state index in [4.69, 9.17) is 0 Å². The van der Waals surface area contributed by atoms with Gasteiger partial charge in [0.25, 0.3) is 0 Å². The second kappa shape index (κ2) is 4.89. The van der Waals surface area contributed by atoms with E-state index in [9.17, 15) is 4.79 Å². The number of aryl methyl sites for hydroxylation is 1. The molecule has 1 aliphatic heterocycles. The summed E-state index contributed by atoms with van der Waals surface area (Å²) in [5, 5.41) is 7.85. The van der Waals surface area contributed by atoms with Gasteiger partial charge in [-0.2, -0.15) is 10.2 Å². The molecule has 20 heavy (non-hydrogen) atoms. The average molecular weight is 265 g/mol. The van der Waals surface area contributed by atoms with E-state index in [2.05, 4.69) is 34.0 Å². The van der Waals surface area contributed by atoms with Crippen LogP contribution in [0.15, 0.2) is 52.9 Å². The number of Topliss-reactive ketones (excluding diaryl/α,β-unsaturated/α-hetero) is 1. The number of ketones is 1. The van der Waals surface area contributed by atoms with Crippen LogP contribution in [0.5, 0.6) is 0 Å². The Kier molecular flexibility index (Phi) is 3.06. The van der Waals surface area contributed by atoms with Crippen molar-refractivity contribution in [3.05, 3.63) is 53.9 Å². The highest BCUT2D eigenvalue weighted by atomic mass is 16.1. The van der Waals surface area contributed by atoms with E-state index in [-0.39, 0.29) is 11.7 Å². The third-order valence-corrected chi connectivity index (χ3v) is 3.49. The van der Waals surface area contributed by atoms with Crippen LogP contribution in [0.2, 0.25) is 0 Å². The lowest BCUT2D eigenvalue weighted by molar-refractivity contribution is -0.114. The Morgan fingerprint density at radius 3 is 2.55 bits per heavy atom. The summed E-state index contributed by atoms with van der Waals surface area (Å²) in [6.45, 7) is 3.92. The Labute approximate surface area is 117 Å². The van der Waals surface area contributed by atoms with E-state index < -0.39 is 0 Å². The summed E-state index contributed by atoms with van der Waals surface area (Å²) in [6.07, 6.45) is 5.38. The molecule has 0 saturated carbocycles. The van der Waals surface area contributed by atoms with E-state index in [0.29, 0.717) is 0 Å². The average Bonchev–Trinajstić information content (AvgIpc) is 2.89. The third-order valence-electron chi connectivity index (χ3n) is 3.49. The normalized spacial score (nSPS) is 18.2. The number of benzene rings is 1. The fourth-order valence-electron chi connectivity index (χ4n) is 2.26. The van der Waals surface area contributed by atoms with Crippen molar-refractivity contribution in [1.82, 2.24) is 4.57 Å². The van der Waals surface area contributed by atoms with Crippen LogP contribution in [-0.4, -0.2) is 22.3 Å². The van der Waals surface area contributed by atoms with Crippen LogP contribution in [-0.2, 0) is 4.79 Å². The van der Waals surface area contributed by atoms with E-state index in [1.807, 2.05) is 37.4 Å². The van der Waals surface area contributed by atoms with Gasteiger partial charge >= 0.3 is 0 Å². The smallest absolute Gasteiger partial charge is 0.184 e. The van der Waals surface area contributed by atoms with E-state index in [0.717, 1.165) is 17.0 Å². The molecule has 100 valence electrons. The highest BCUT2D eigenvalue weighted by molar-refractivity contribution is 6.36. The SMILES string of the molecule is Cc1ccn(-c2ccc(C3=NN=CC(=O)C3C)cc2)c1. The van der Waals surface area contributed by atoms with Crippen molar-refractivity contribution in [2.75, 3.05) is 0 Å². The zero-order chi connectivity index (χ0) is 14.1. The van der Waals surface area contributed by atoms with Gasteiger partial charge < -0.3 is 4.57 Å². The largest absolute Gasteiger partial charge is 0.324 e. The number of carbonyl (C=O) groups is 1.